The van der Waals surface area contributed by atoms with E-state index in [0.29, 0.717) is 11.0 Å². The number of carbonyl (C=O) groups excluding carboxylic acids is 1. The number of halogens is 1. The van der Waals surface area contributed by atoms with Gasteiger partial charge in [-0.2, -0.15) is 0 Å². The van der Waals surface area contributed by atoms with Crippen LogP contribution >= 0.6 is 0 Å². The van der Waals surface area contributed by atoms with Gasteiger partial charge in [-0.1, -0.05) is 0 Å². The fraction of sp³-hybridized carbons (Fsp3) is 0.875. The molecule has 0 amide bonds. The van der Waals surface area contributed by atoms with Crippen LogP contribution in [0, 0.1) is 0 Å². The van der Waals surface area contributed by atoms with Crippen molar-refractivity contribution in [3.8, 4) is 0 Å². The average molecular weight is 212 g/mol. The molecule has 0 saturated heterocycles. The maximum atomic E-state index is 10.7. The number of hydrogen-bond acceptors (Lipinski definition) is 3. The molecule has 0 aliphatic carbocycles. The minimum absolute atomic E-state index is 0. The number of rotatable bonds is 4. The summed E-state index contributed by atoms with van der Waals surface area (Å²) >= 11 is 0. The van der Waals surface area contributed by atoms with E-state index in [1.54, 1.807) is 0 Å². The summed E-state index contributed by atoms with van der Waals surface area (Å²) in [5.74, 6) is -0.365. The number of aliphatic hydroxyl groups excluding tert-OH is 1. The topological polar surface area (TPSA) is 46.5 Å². The van der Waals surface area contributed by atoms with E-state index in [9.17, 15) is 9.90 Å². The van der Waals surface area contributed by atoms with Gasteiger partial charge < -0.3 is 26.7 Å². The summed E-state index contributed by atoms with van der Waals surface area (Å²) in [4.78, 5) is 10.7. The number of quaternary nitrogens is 1. The standard InChI is InChI=1S/C8H18NO3.ClH/c1-9(2,3)6-7(10)5-8(11)12-4;/h7,10H,5-6H2,1-4H3;1H/q+1;/p-1/t7-;/m1./s1. The third kappa shape index (κ3) is 9.60. The molecule has 0 aromatic heterocycles. The SMILES string of the molecule is COC(=O)C[C@@H](O)C[N+](C)(C)C.[Cl-]. The summed E-state index contributed by atoms with van der Waals surface area (Å²) in [6.07, 6.45) is -0.538. The molecule has 0 aromatic rings. The highest BCUT2D eigenvalue weighted by Gasteiger charge is 2.18. The van der Waals surface area contributed by atoms with Crippen molar-refractivity contribution >= 4 is 5.97 Å². The largest absolute Gasteiger partial charge is 1.00 e. The van der Waals surface area contributed by atoms with Crippen LogP contribution in [0.4, 0.5) is 0 Å². The van der Waals surface area contributed by atoms with E-state index in [0.717, 1.165) is 0 Å². The van der Waals surface area contributed by atoms with E-state index >= 15 is 0 Å². The second kappa shape index (κ2) is 6.18. The third-order valence-electron chi connectivity index (χ3n) is 1.39. The Hall–Kier alpha value is -0.320. The fourth-order valence-electron chi connectivity index (χ4n) is 0.973. The van der Waals surface area contributed by atoms with Crippen molar-refractivity contribution in [2.24, 2.45) is 0 Å². The molecule has 0 aliphatic rings. The summed E-state index contributed by atoms with van der Waals surface area (Å²) in [6.45, 7) is 0.551. The van der Waals surface area contributed by atoms with Gasteiger partial charge in [0, 0.05) is 0 Å². The lowest BCUT2D eigenvalue weighted by atomic mass is 10.2. The van der Waals surface area contributed by atoms with Crippen molar-refractivity contribution in [1.82, 2.24) is 0 Å². The molecule has 0 radical (unpaired) electrons. The van der Waals surface area contributed by atoms with Crippen LogP contribution in [0.3, 0.4) is 0 Å². The molecule has 0 saturated carbocycles. The Bertz CT molecular complexity index is 156. The van der Waals surface area contributed by atoms with E-state index in [-0.39, 0.29) is 24.8 Å². The van der Waals surface area contributed by atoms with Crippen molar-refractivity contribution in [3.05, 3.63) is 0 Å². The van der Waals surface area contributed by atoms with Crippen LogP contribution in [0.15, 0.2) is 0 Å². The van der Waals surface area contributed by atoms with E-state index < -0.39 is 6.10 Å². The van der Waals surface area contributed by atoms with Crippen molar-refractivity contribution in [3.63, 3.8) is 0 Å². The van der Waals surface area contributed by atoms with Gasteiger partial charge >= 0.3 is 5.97 Å². The lowest BCUT2D eigenvalue weighted by Gasteiger charge is -2.26. The first-order valence-electron chi connectivity index (χ1n) is 3.90. The van der Waals surface area contributed by atoms with Gasteiger partial charge in [-0.15, -0.1) is 0 Å². The molecule has 0 spiro atoms. The Balaban J connectivity index is 0. The number of carbonyl (C=O) groups is 1. The Morgan fingerprint density at radius 2 is 1.92 bits per heavy atom. The summed E-state index contributed by atoms with van der Waals surface area (Å²) in [5, 5.41) is 9.37. The smallest absolute Gasteiger partial charge is 0.308 e. The lowest BCUT2D eigenvalue weighted by Crippen LogP contribution is -3.00. The third-order valence-corrected chi connectivity index (χ3v) is 1.39. The van der Waals surface area contributed by atoms with Crippen LogP contribution in [-0.2, 0) is 9.53 Å². The molecule has 0 fully saturated rings. The highest BCUT2D eigenvalue weighted by molar-refractivity contribution is 5.69. The Labute approximate surface area is 85.5 Å². The first-order valence-corrected chi connectivity index (χ1v) is 3.90. The molecular weight excluding hydrogens is 194 g/mol. The van der Waals surface area contributed by atoms with Crippen molar-refractivity contribution < 1.29 is 31.5 Å². The normalized spacial score (nSPS) is 13.0. The maximum absolute atomic E-state index is 10.7. The molecule has 0 rings (SSSR count). The molecular formula is C8H18ClNO3. The molecule has 0 bridgehead atoms. The first-order chi connectivity index (χ1) is 5.35. The Morgan fingerprint density at radius 1 is 1.46 bits per heavy atom. The molecule has 5 heteroatoms. The summed E-state index contributed by atoms with van der Waals surface area (Å²) in [5.41, 5.74) is 0. The molecule has 0 aliphatic heterocycles. The zero-order valence-electron chi connectivity index (χ0n) is 8.58. The van der Waals surface area contributed by atoms with Crippen molar-refractivity contribution in [2.75, 3.05) is 34.8 Å². The van der Waals surface area contributed by atoms with Crippen LogP contribution in [-0.4, -0.2) is 56.5 Å². The Kier molecular flexibility index (Phi) is 7.21. The zero-order chi connectivity index (χ0) is 9.78. The molecule has 80 valence electrons. The van der Waals surface area contributed by atoms with E-state index in [4.69, 9.17) is 0 Å². The van der Waals surface area contributed by atoms with Crippen molar-refractivity contribution in [2.45, 2.75) is 12.5 Å². The second-order valence-electron chi connectivity index (χ2n) is 3.91. The first kappa shape index (κ1) is 15.2. The van der Waals surface area contributed by atoms with Gasteiger partial charge in [0.05, 0.1) is 34.7 Å². The van der Waals surface area contributed by atoms with E-state index in [1.807, 2.05) is 21.1 Å². The van der Waals surface area contributed by atoms with E-state index in [2.05, 4.69) is 4.74 Å². The highest BCUT2D eigenvalue weighted by atomic mass is 35.5. The molecule has 1 atom stereocenters. The predicted molar refractivity (Wildman–Crippen MR) is 45.5 cm³/mol. The monoisotopic (exact) mass is 211 g/mol. The number of nitrogens with zero attached hydrogens (tertiary/aromatic N) is 1. The molecule has 0 aromatic carbocycles. The highest BCUT2D eigenvalue weighted by Crippen LogP contribution is 1.99. The number of likely N-dealkylation sites (N-methyl/N-ethyl adjacent to an activating group) is 1. The van der Waals surface area contributed by atoms with Crippen LogP contribution < -0.4 is 12.4 Å². The Morgan fingerprint density at radius 3 is 2.23 bits per heavy atom. The zero-order valence-corrected chi connectivity index (χ0v) is 9.34. The molecule has 0 heterocycles. The number of aliphatic hydroxyl groups is 1. The van der Waals surface area contributed by atoms with Gasteiger partial charge in [-0.3, -0.25) is 4.79 Å². The van der Waals surface area contributed by atoms with Crippen molar-refractivity contribution in [1.29, 1.82) is 0 Å². The summed E-state index contributed by atoms with van der Waals surface area (Å²) in [7, 11) is 7.20. The van der Waals surface area contributed by atoms with Gasteiger partial charge in [0.2, 0.25) is 0 Å². The van der Waals surface area contributed by atoms with Gasteiger partial charge in [0.25, 0.3) is 0 Å². The average Bonchev–Trinajstić information content (AvgIpc) is 1.82. The van der Waals surface area contributed by atoms with E-state index in [1.165, 1.54) is 7.11 Å². The van der Waals surface area contributed by atoms with Gasteiger partial charge in [-0.05, 0) is 0 Å². The van der Waals surface area contributed by atoms with Crippen LogP contribution in [0.1, 0.15) is 6.42 Å². The lowest BCUT2D eigenvalue weighted by molar-refractivity contribution is -0.873. The number of hydrogen-bond donors (Lipinski definition) is 1. The van der Waals surface area contributed by atoms with Crippen LogP contribution in [0.25, 0.3) is 0 Å². The predicted octanol–water partition coefficient (Wildman–Crippen LogP) is -3.38. The summed E-state index contributed by atoms with van der Waals surface area (Å²) in [6, 6.07) is 0. The molecule has 13 heavy (non-hydrogen) atoms. The van der Waals surface area contributed by atoms with Gasteiger partial charge in [0.1, 0.15) is 12.6 Å². The minimum atomic E-state index is -0.613. The summed E-state index contributed by atoms with van der Waals surface area (Å²) < 4.78 is 5.07. The molecule has 4 nitrogen and oxygen atoms in total. The van der Waals surface area contributed by atoms with Crippen LogP contribution in [0.5, 0.6) is 0 Å². The van der Waals surface area contributed by atoms with Gasteiger partial charge in [0.15, 0.2) is 0 Å². The number of ether oxygens (including phenoxy) is 1. The molecule has 1 N–H and O–H groups in total. The quantitative estimate of drug-likeness (QED) is 0.390. The number of methoxy groups -OCH3 is 1. The number of esters is 1. The van der Waals surface area contributed by atoms with Crippen LogP contribution in [0.2, 0.25) is 0 Å². The van der Waals surface area contributed by atoms with Gasteiger partial charge in [-0.25, -0.2) is 0 Å². The minimum Gasteiger partial charge on any atom is -1.00 e. The maximum Gasteiger partial charge on any atom is 0.308 e. The fourth-order valence-corrected chi connectivity index (χ4v) is 0.973. The molecule has 0 unspecified atom stereocenters. The second-order valence-corrected chi connectivity index (χ2v) is 3.91.